The van der Waals surface area contributed by atoms with Crippen LogP contribution in [0.4, 0.5) is 5.69 Å². The minimum Gasteiger partial charge on any atom is -0.466 e. The monoisotopic (exact) mass is 391 g/mol. The molecule has 0 saturated heterocycles. The Morgan fingerprint density at radius 3 is 2.22 bits per heavy atom. The fourth-order valence-corrected chi connectivity index (χ4v) is 4.33. The Hall–Kier alpha value is -2.87. The van der Waals surface area contributed by atoms with Crippen LogP contribution in [-0.4, -0.2) is 34.1 Å². The number of ether oxygens (including phenoxy) is 2. The summed E-state index contributed by atoms with van der Waals surface area (Å²) >= 11 is 0. The maximum Gasteiger partial charge on any atom is 0.344 e. The lowest BCUT2D eigenvalue weighted by molar-refractivity contribution is -0.144. The average molecular weight is 391 g/mol. The van der Waals surface area contributed by atoms with Gasteiger partial charge in [0.05, 0.1) is 23.3 Å². The predicted octanol–water partition coefficient (Wildman–Crippen LogP) is 2.74. The lowest BCUT2D eigenvalue weighted by Gasteiger charge is -2.15. The number of esters is 2. The minimum atomic E-state index is -3.93. The van der Waals surface area contributed by atoms with E-state index >= 15 is 0 Å². The molecule has 0 aromatic heterocycles. The molecule has 0 aliphatic carbocycles. The Kier molecular flexibility index (Phi) is 6.22. The van der Waals surface area contributed by atoms with Crippen LogP contribution in [-0.2, 0) is 24.3 Å². The number of aryl methyl sites for hydroxylation is 3. The Labute approximate surface area is 158 Å². The standard InChI is InChI=1S/C19H21NO6S/c1-12-9-13(2)18(14(3)10-12)27(23,24)20-16-8-6-5-7-15(16)19(22)26-11-17(21)25-4/h5-10,20H,11H2,1-4H3. The molecule has 0 fully saturated rings. The second-order valence-electron chi connectivity index (χ2n) is 6.03. The van der Waals surface area contributed by atoms with Crippen LogP contribution in [0.15, 0.2) is 41.3 Å². The Balaban J connectivity index is 2.35. The molecule has 2 aromatic rings. The van der Waals surface area contributed by atoms with Crippen molar-refractivity contribution in [2.75, 3.05) is 18.4 Å². The van der Waals surface area contributed by atoms with E-state index in [9.17, 15) is 18.0 Å². The first-order valence-corrected chi connectivity index (χ1v) is 9.57. The molecule has 7 nitrogen and oxygen atoms in total. The highest BCUT2D eigenvalue weighted by Gasteiger charge is 2.23. The zero-order valence-electron chi connectivity index (χ0n) is 15.5. The number of carbonyl (C=O) groups excluding carboxylic acids is 2. The summed E-state index contributed by atoms with van der Waals surface area (Å²) in [5.74, 6) is -1.55. The molecule has 0 atom stereocenters. The van der Waals surface area contributed by atoms with Gasteiger partial charge in [0.2, 0.25) is 0 Å². The first-order chi connectivity index (χ1) is 12.7. The van der Waals surface area contributed by atoms with Gasteiger partial charge in [-0.2, -0.15) is 0 Å². The van der Waals surface area contributed by atoms with E-state index in [2.05, 4.69) is 9.46 Å². The van der Waals surface area contributed by atoms with Gasteiger partial charge in [-0.3, -0.25) is 4.72 Å². The second-order valence-corrected chi connectivity index (χ2v) is 7.65. The summed E-state index contributed by atoms with van der Waals surface area (Å²) in [6.45, 7) is 4.75. The van der Waals surface area contributed by atoms with E-state index < -0.39 is 28.6 Å². The molecule has 0 aliphatic heterocycles. The smallest absolute Gasteiger partial charge is 0.344 e. The van der Waals surface area contributed by atoms with Crippen LogP contribution in [0.3, 0.4) is 0 Å². The summed E-state index contributed by atoms with van der Waals surface area (Å²) in [6.07, 6.45) is 0. The van der Waals surface area contributed by atoms with Crippen molar-refractivity contribution in [2.24, 2.45) is 0 Å². The van der Waals surface area contributed by atoms with Crippen molar-refractivity contribution >= 4 is 27.6 Å². The molecule has 0 saturated carbocycles. The highest BCUT2D eigenvalue weighted by Crippen LogP contribution is 2.26. The van der Waals surface area contributed by atoms with Crippen molar-refractivity contribution in [3.63, 3.8) is 0 Å². The number of anilines is 1. The summed E-state index contributed by atoms with van der Waals surface area (Å²) in [7, 11) is -2.76. The third kappa shape index (κ3) is 4.85. The van der Waals surface area contributed by atoms with E-state index in [1.165, 1.54) is 19.2 Å². The van der Waals surface area contributed by atoms with Crippen molar-refractivity contribution in [1.29, 1.82) is 0 Å². The Bertz CT molecular complexity index is 958. The van der Waals surface area contributed by atoms with Crippen LogP contribution in [0.25, 0.3) is 0 Å². The third-order valence-corrected chi connectivity index (χ3v) is 5.48. The van der Waals surface area contributed by atoms with Crippen LogP contribution in [0.2, 0.25) is 0 Å². The van der Waals surface area contributed by atoms with Gasteiger partial charge in [0.15, 0.2) is 6.61 Å². The lowest BCUT2D eigenvalue weighted by atomic mass is 10.1. The zero-order valence-corrected chi connectivity index (χ0v) is 16.3. The number of para-hydroxylation sites is 1. The summed E-state index contributed by atoms with van der Waals surface area (Å²) in [6, 6.07) is 9.56. The Morgan fingerprint density at radius 2 is 1.63 bits per heavy atom. The highest BCUT2D eigenvalue weighted by molar-refractivity contribution is 7.92. The van der Waals surface area contributed by atoms with Crippen molar-refractivity contribution < 1.29 is 27.5 Å². The van der Waals surface area contributed by atoms with Crippen LogP contribution in [0.1, 0.15) is 27.0 Å². The van der Waals surface area contributed by atoms with Crippen molar-refractivity contribution in [1.82, 2.24) is 0 Å². The summed E-state index contributed by atoms with van der Waals surface area (Å²) < 4.78 is 37.5. The number of methoxy groups -OCH3 is 1. The molecule has 27 heavy (non-hydrogen) atoms. The first kappa shape index (κ1) is 20.4. The van der Waals surface area contributed by atoms with Gasteiger partial charge in [-0.25, -0.2) is 18.0 Å². The van der Waals surface area contributed by atoms with E-state index in [-0.39, 0.29) is 16.1 Å². The molecule has 0 heterocycles. The molecular formula is C19H21NO6S. The summed E-state index contributed by atoms with van der Waals surface area (Å²) in [5, 5.41) is 0. The number of rotatable bonds is 6. The van der Waals surface area contributed by atoms with Crippen LogP contribution >= 0.6 is 0 Å². The second kappa shape index (κ2) is 8.22. The average Bonchev–Trinajstić information content (AvgIpc) is 2.58. The van der Waals surface area contributed by atoms with Gasteiger partial charge in [-0.15, -0.1) is 0 Å². The largest absolute Gasteiger partial charge is 0.466 e. The maximum absolute atomic E-state index is 12.9. The number of carbonyl (C=O) groups is 2. The molecule has 0 amide bonds. The fraction of sp³-hybridized carbons (Fsp3) is 0.263. The number of hydrogen-bond acceptors (Lipinski definition) is 6. The molecule has 8 heteroatoms. The normalized spacial score (nSPS) is 11.0. The topological polar surface area (TPSA) is 98.8 Å². The summed E-state index contributed by atoms with van der Waals surface area (Å²) in [5.41, 5.74) is 2.21. The molecule has 0 bridgehead atoms. The zero-order chi connectivity index (χ0) is 20.2. The Morgan fingerprint density at radius 1 is 1.04 bits per heavy atom. The van der Waals surface area contributed by atoms with Gasteiger partial charge in [0, 0.05) is 0 Å². The first-order valence-electron chi connectivity index (χ1n) is 8.09. The van der Waals surface area contributed by atoms with Gasteiger partial charge >= 0.3 is 11.9 Å². The van der Waals surface area contributed by atoms with E-state index in [1.54, 1.807) is 38.1 Å². The van der Waals surface area contributed by atoms with Gasteiger partial charge in [0.1, 0.15) is 0 Å². The van der Waals surface area contributed by atoms with E-state index in [1.807, 2.05) is 6.92 Å². The molecule has 0 radical (unpaired) electrons. The predicted molar refractivity (Wildman–Crippen MR) is 100 cm³/mol. The van der Waals surface area contributed by atoms with Gasteiger partial charge < -0.3 is 9.47 Å². The molecule has 0 spiro atoms. The molecular weight excluding hydrogens is 370 g/mol. The molecule has 144 valence electrons. The quantitative estimate of drug-likeness (QED) is 0.760. The van der Waals surface area contributed by atoms with Crippen LogP contribution in [0, 0.1) is 20.8 Å². The lowest BCUT2D eigenvalue weighted by Crippen LogP contribution is -2.20. The number of hydrogen-bond donors (Lipinski definition) is 1. The number of sulfonamides is 1. The van der Waals surface area contributed by atoms with E-state index in [0.29, 0.717) is 11.1 Å². The van der Waals surface area contributed by atoms with Crippen LogP contribution < -0.4 is 4.72 Å². The molecule has 2 aromatic carbocycles. The van der Waals surface area contributed by atoms with E-state index in [4.69, 9.17) is 4.74 Å². The van der Waals surface area contributed by atoms with Crippen molar-refractivity contribution in [3.05, 3.63) is 58.7 Å². The minimum absolute atomic E-state index is 0.00704. The molecule has 0 unspecified atom stereocenters. The molecule has 1 N–H and O–H groups in total. The van der Waals surface area contributed by atoms with Gasteiger partial charge in [-0.1, -0.05) is 29.8 Å². The van der Waals surface area contributed by atoms with Crippen molar-refractivity contribution in [2.45, 2.75) is 25.7 Å². The maximum atomic E-state index is 12.9. The molecule has 2 rings (SSSR count). The van der Waals surface area contributed by atoms with Gasteiger partial charge in [0.25, 0.3) is 10.0 Å². The van der Waals surface area contributed by atoms with Crippen molar-refractivity contribution in [3.8, 4) is 0 Å². The van der Waals surface area contributed by atoms with Crippen LogP contribution in [0.5, 0.6) is 0 Å². The highest BCUT2D eigenvalue weighted by atomic mass is 32.2. The van der Waals surface area contributed by atoms with Gasteiger partial charge in [-0.05, 0) is 44.0 Å². The third-order valence-electron chi connectivity index (χ3n) is 3.81. The number of benzene rings is 2. The fourth-order valence-electron chi connectivity index (χ4n) is 2.80. The summed E-state index contributed by atoms with van der Waals surface area (Å²) in [4.78, 5) is 23.5. The molecule has 0 aliphatic rings. The SMILES string of the molecule is COC(=O)COC(=O)c1ccccc1NS(=O)(=O)c1c(C)cc(C)cc1C. The van der Waals surface area contributed by atoms with E-state index in [0.717, 1.165) is 5.56 Å². The number of nitrogens with one attached hydrogen (secondary N) is 1.